The Balaban J connectivity index is 2.11. The lowest BCUT2D eigenvalue weighted by Gasteiger charge is -2.11. The van der Waals surface area contributed by atoms with Gasteiger partial charge in [-0.25, -0.2) is 0 Å². The van der Waals surface area contributed by atoms with Crippen molar-refractivity contribution < 1.29 is 4.74 Å². The number of hydrogen-bond donors (Lipinski definition) is 0. The number of benzene rings is 4. The molecule has 0 heterocycles. The molecular weight excluding hydrogens is 268 g/mol. The van der Waals surface area contributed by atoms with Gasteiger partial charge in [0.15, 0.2) is 0 Å². The van der Waals surface area contributed by atoms with Gasteiger partial charge >= 0.3 is 0 Å². The largest absolute Gasteiger partial charge is 0.496 e. The zero-order valence-corrected chi connectivity index (χ0v) is 12.3. The van der Waals surface area contributed by atoms with Gasteiger partial charge in [-0.15, -0.1) is 0 Å². The Bertz CT molecular complexity index is 1060. The van der Waals surface area contributed by atoms with Crippen molar-refractivity contribution in [2.45, 2.75) is 0 Å². The van der Waals surface area contributed by atoms with Gasteiger partial charge in [-0.1, -0.05) is 54.6 Å². The Morgan fingerprint density at radius 1 is 0.636 bits per heavy atom. The first-order chi connectivity index (χ1) is 10.9. The van der Waals surface area contributed by atoms with E-state index in [2.05, 4.69) is 66.7 Å². The van der Waals surface area contributed by atoms with Gasteiger partial charge in [0.05, 0.1) is 7.11 Å². The molecule has 0 radical (unpaired) electrons. The summed E-state index contributed by atoms with van der Waals surface area (Å²) < 4.78 is 5.67. The molecule has 0 unspecified atom stereocenters. The molecule has 0 saturated carbocycles. The second kappa shape index (κ2) is 4.11. The highest BCUT2D eigenvalue weighted by Gasteiger charge is 2.23. The average Bonchev–Trinajstić information content (AvgIpc) is 2.90. The van der Waals surface area contributed by atoms with Gasteiger partial charge in [-0.2, -0.15) is 0 Å². The molecule has 0 amide bonds. The summed E-state index contributed by atoms with van der Waals surface area (Å²) in [4.78, 5) is 0. The van der Waals surface area contributed by atoms with Crippen molar-refractivity contribution in [3.63, 3.8) is 0 Å². The van der Waals surface area contributed by atoms with Gasteiger partial charge in [0.1, 0.15) is 5.75 Å². The maximum absolute atomic E-state index is 5.67. The Hall–Kier alpha value is -2.80. The summed E-state index contributed by atoms with van der Waals surface area (Å²) in [6.45, 7) is 0. The fraction of sp³-hybridized carbons (Fsp3) is 0.0476. The van der Waals surface area contributed by atoms with Crippen LogP contribution in [0.2, 0.25) is 0 Å². The Labute approximate surface area is 128 Å². The molecule has 4 aromatic carbocycles. The van der Waals surface area contributed by atoms with Crippen LogP contribution in [0.4, 0.5) is 0 Å². The molecule has 1 heteroatoms. The predicted molar refractivity (Wildman–Crippen MR) is 92.4 cm³/mol. The number of ether oxygens (including phenoxy) is 1. The normalized spacial score (nSPS) is 11.9. The van der Waals surface area contributed by atoms with Gasteiger partial charge < -0.3 is 4.74 Å². The molecule has 0 aromatic heterocycles. The Kier molecular flexibility index (Phi) is 2.21. The molecule has 0 bridgehead atoms. The van der Waals surface area contributed by atoms with Crippen LogP contribution in [0.25, 0.3) is 43.8 Å². The highest BCUT2D eigenvalue weighted by molar-refractivity contribution is 6.25. The van der Waals surface area contributed by atoms with Gasteiger partial charge in [0.25, 0.3) is 0 Å². The highest BCUT2D eigenvalue weighted by Crippen LogP contribution is 2.51. The molecular formula is C21H14O. The summed E-state index contributed by atoms with van der Waals surface area (Å²) in [6, 6.07) is 23.8. The first-order valence-corrected chi connectivity index (χ1v) is 7.51. The van der Waals surface area contributed by atoms with Crippen LogP contribution in [-0.4, -0.2) is 7.11 Å². The molecule has 104 valence electrons. The van der Waals surface area contributed by atoms with E-state index in [1.807, 2.05) is 0 Å². The van der Waals surface area contributed by atoms with E-state index in [1.54, 1.807) is 7.11 Å². The van der Waals surface area contributed by atoms with Crippen LogP contribution >= 0.6 is 0 Å². The summed E-state index contributed by atoms with van der Waals surface area (Å²) in [5, 5.41) is 5.06. The molecule has 1 aliphatic carbocycles. The second-order valence-electron chi connectivity index (χ2n) is 5.76. The molecule has 5 rings (SSSR count). The van der Waals surface area contributed by atoms with E-state index in [0.717, 1.165) is 5.75 Å². The lowest BCUT2D eigenvalue weighted by atomic mass is 9.96. The summed E-state index contributed by atoms with van der Waals surface area (Å²) in [7, 11) is 1.75. The van der Waals surface area contributed by atoms with Crippen molar-refractivity contribution in [1.82, 2.24) is 0 Å². The Morgan fingerprint density at radius 2 is 1.36 bits per heavy atom. The van der Waals surface area contributed by atoms with Crippen LogP contribution in [0.1, 0.15) is 0 Å². The monoisotopic (exact) mass is 282 g/mol. The minimum Gasteiger partial charge on any atom is -0.496 e. The maximum atomic E-state index is 5.67. The minimum absolute atomic E-state index is 0.949. The fourth-order valence-corrected chi connectivity index (χ4v) is 3.77. The smallest absolute Gasteiger partial charge is 0.127 e. The van der Waals surface area contributed by atoms with Crippen molar-refractivity contribution in [1.29, 1.82) is 0 Å². The fourth-order valence-electron chi connectivity index (χ4n) is 3.77. The average molecular weight is 282 g/mol. The molecule has 0 fully saturated rings. The van der Waals surface area contributed by atoms with Crippen LogP contribution in [0.5, 0.6) is 5.75 Å². The molecule has 0 saturated heterocycles. The van der Waals surface area contributed by atoms with E-state index in [9.17, 15) is 0 Å². The van der Waals surface area contributed by atoms with E-state index in [4.69, 9.17) is 4.74 Å². The molecule has 0 spiro atoms. The van der Waals surface area contributed by atoms with Crippen molar-refractivity contribution in [2.24, 2.45) is 0 Å². The van der Waals surface area contributed by atoms with Crippen molar-refractivity contribution in [3.8, 4) is 28.0 Å². The SMILES string of the molecule is COc1ccc2c3c(cc4ccccc4c13)-c1ccccc1-2. The molecule has 4 aromatic rings. The van der Waals surface area contributed by atoms with Gasteiger partial charge in [-0.05, 0) is 45.2 Å². The summed E-state index contributed by atoms with van der Waals surface area (Å²) in [5.41, 5.74) is 5.27. The van der Waals surface area contributed by atoms with Crippen LogP contribution < -0.4 is 4.74 Å². The zero-order chi connectivity index (χ0) is 14.7. The quantitative estimate of drug-likeness (QED) is 0.361. The van der Waals surface area contributed by atoms with Crippen LogP contribution in [-0.2, 0) is 0 Å². The van der Waals surface area contributed by atoms with Crippen molar-refractivity contribution in [3.05, 3.63) is 66.7 Å². The topological polar surface area (TPSA) is 9.23 Å². The molecule has 0 aliphatic heterocycles. The minimum atomic E-state index is 0.949. The third kappa shape index (κ3) is 1.33. The number of hydrogen-bond acceptors (Lipinski definition) is 1. The molecule has 0 N–H and O–H groups in total. The third-order valence-electron chi connectivity index (χ3n) is 4.69. The maximum Gasteiger partial charge on any atom is 0.127 e. The summed E-state index contributed by atoms with van der Waals surface area (Å²) in [6.07, 6.45) is 0. The summed E-state index contributed by atoms with van der Waals surface area (Å²) in [5.74, 6) is 0.949. The van der Waals surface area contributed by atoms with E-state index in [0.29, 0.717) is 0 Å². The highest BCUT2D eigenvalue weighted by atomic mass is 16.5. The first kappa shape index (κ1) is 11.8. The first-order valence-electron chi connectivity index (χ1n) is 7.51. The van der Waals surface area contributed by atoms with Crippen molar-refractivity contribution in [2.75, 3.05) is 7.11 Å². The number of fused-ring (bicyclic) bond motifs is 5. The molecule has 0 atom stereocenters. The van der Waals surface area contributed by atoms with Crippen LogP contribution in [0.3, 0.4) is 0 Å². The number of methoxy groups -OCH3 is 1. The lowest BCUT2D eigenvalue weighted by Crippen LogP contribution is -1.87. The lowest BCUT2D eigenvalue weighted by molar-refractivity contribution is 0.420. The predicted octanol–water partition coefficient (Wildman–Crippen LogP) is 5.65. The van der Waals surface area contributed by atoms with E-state index in [1.165, 1.54) is 43.8 Å². The van der Waals surface area contributed by atoms with Gasteiger partial charge in [0, 0.05) is 10.8 Å². The van der Waals surface area contributed by atoms with Crippen LogP contribution in [0.15, 0.2) is 66.7 Å². The number of rotatable bonds is 1. The van der Waals surface area contributed by atoms with Gasteiger partial charge in [-0.3, -0.25) is 0 Å². The summed E-state index contributed by atoms with van der Waals surface area (Å²) >= 11 is 0. The van der Waals surface area contributed by atoms with E-state index >= 15 is 0 Å². The van der Waals surface area contributed by atoms with Crippen LogP contribution in [0, 0.1) is 0 Å². The molecule has 22 heavy (non-hydrogen) atoms. The molecule has 1 aliphatic rings. The second-order valence-corrected chi connectivity index (χ2v) is 5.76. The van der Waals surface area contributed by atoms with Crippen molar-refractivity contribution >= 4 is 21.5 Å². The van der Waals surface area contributed by atoms with E-state index in [-0.39, 0.29) is 0 Å². The zero-order valence-electron chi connectivity index (χ0n) is 12.3. The molecule has 1 nitrogen and oxygen atoms in total. The third-order valence-corrected chi connectivity index (χ3v) is 4.69. The van der Waals surface area contributed by atoms with E-state index < -0.39 is 0 Å². The van der Waals surface area contributed by atoms with Gasteiger partial charge in [0.2, 0.25) is 0 Å². The standard InChI is InChI=1S/C21H14O/c1-22-19-11-10-17-15-8-4-5-9-16(15)18-12-13-6-2-3-7-14(13)21(19)20(17)18/h2-12H,1H3. The Morgan fingerprint density at radius 3 is 2.18 bits per heavy atom.